The van der Waals surface area contributed by atoms with Crippen molar-refractivity contribution >= 4 is 35.0 Å². The highest BCUT2D eigenvalue weighted by Crippen LogP contribution is 2.64. The van der Waals surface area contributed by atoms with Crippen LogP contribution in [0.5, 0.6) is 0 Å². The highest BCUT2D eigenvalue weighted by atomic mass is 32.2. The molecule has 2 atom stereocenters. The van der Waals surface area contributed by atoms with Crippen molar-refractivity contribution in [3.05, 3.63) is 54.7 Å². The average Bonchev–Trinajstić information content (AvgIpc) is 3.11. The number of cyclic esters (lactones) is 2. The van der Waals surface area contributed by atoms with Crippen LogP contribution >= 0.6 is 23.1 Å². The zero-order valence-corrected chi connectivity index (χ0v) is 16.8. The van der Waals surface area contributed by atoms with Crippen LogP contribution in [0.4, 0.5) is 0 Å². The molecule has 0 spiro atoms. The summed E-state index contributed by atoms with van der Waals surface area (Å²) in [6.45, 7) is 12.5. The summed E-state index contributed by atoms with van der Waals surface area (Å²) in [5.41, 5.74) is 3.50. The minimum absolute atomic E-state index is 0.345. The number of esters is 2. The van der Waals surface area contributed by atoms with E-state index in [1.807, 2.05) is 6.92 Å². The van der Waals surface area contributed by atoms with E-state index >= 15 is 0 Å². The van der Waals surface area contributed by atoms with Crippen molar-refractivity contribution in [2.24, 2.45) is 0 Å². The van der Waals surface area contributed by atoms with Crippen LogP contribution in [0.15, 0.2) is 39.3 Å². The van der Waals surface area contributed by atoms with Crippen LogP contribution in [-0.2, 0) is 19.7 Å². The molecule has 25 heavy (non-hydrogen) atoms. The fraction of sp³-hybridized carbons (Fsp3) is 0.400. The summed E-state index contributed by atoms with van der Waals surface area (Å²) in [5, 5.41) is 0. The normalized spacial score (nSPS) is 31.4. The van der Waals surface area contributed by atoms with Gasteiger partial charge in [0, 0.05) is 15.2 Å². The van der Waals surface area contributed by atoms with E-state index in [0.29, 0.717) is 11.1 Å². The number of allylic oxidation sites excluding steroid dienone is 2. The molecule has 3 nitrogen and oxygen atoms in total. The van der Waals surface area contributed by atoms with E-state index in [2.05, 4.69) is 46.8 Å². The Balaban J connectivity index is 2.13. The molecule has 1 aliphatic carbocycles. The molecule has 0 unspecified atom stereocenters. The van der Waals surface area contributed by atoms with Gasteiger partial charge in [0.1, 0.15) is 0 Å². The molecule has 130 valence electrons. The fourth-order valence-electron chi connectivity index (χ4n) is 4.66. The number of ether oxygens (including phenoxy) is 1. The van der Waals surface area contributed by atoms with Gasteiger partial charge in [-0.3, -0.25) is 0 Å². The van der Waals surface area contributed by atoms with Gasteiger partial charge in [-0.25, -0.2) is 9.59 Å². The number of fused-ring (bicyclic) bond motifs is 1. The Morgan fingerprint density at radius 1 is 1.04 bits per heavy atom. The van der Waals surface area contributed by atoms with Gasteiger partial charge in [0.15, 0.2) is 0 Å². The second kappa shape index (κ2) is 4.98. The molecule has 5 heteroatoms. The third kappa shape index (κ3) is 1.88. The van der Waals surface area contributed by atoms with Crippen molar-refractivity contribution < 1.29 is 14.3 Å². The molecule has 0 radical (unpaired) electrons. The minimum atomic E-state index is -0.617. The minimum Gasteiger partial charge on any atom is -0.386 e. The van der Waals surface area contributed by atoms with Crippen molar-refractivity contribution in [3.8, 4) is 0 Å². The molecule has 0 saturated heterocycles. The van der Waals surface area contributed by atoms with Gasteiger partial charge in [-0.2, -0.15) is 0 Å². The lowest BCUT2D eigenvalue weighted by molar-refractivity contribution is -0.151. The zero-order valence-electron chi connectivity index (χ0n) is 15.2. The molecular weight excluding hydrogens is 352 g/mol. The van der Waals surface area contributed by atoms with Gasteiger partial charge in [-0.15, -0.1) is 23.1 Å². The number of thiophene rings is 1. The van der Waals surface area contributed by atoms with E-state index in [4.69, 9.17) is 4.74 Å². The Kier molecular flexibility index (Phi) is 3.36. The summed E-state index contributed by atoms with van der Waals surface area (Å²) in [6, 6.07) is 2.17. The summed E-state index contributed by atoms with van der Waals surface area (Å²) in [6.07, 6.45) is 2.16. The molecule has 0 N–H and O–H groups in total. The zero-order chi connectivity index (χ0) is 18.3. The van der Waals surface area contributed by atoms with Gasteiger partial charge in [0.2, 0.25) is 0 Å². The predicted octanol–water partition coefficient (Wildman–Crippen LogP) is 4.74. The molecule has 0 bridgehead atoms. The van der Waals surface area contributed by atoms with E-state index in [1.54, 1.807) is 23.1 Å². The molecule has 0 saturated carbocycles. The summed E-state index contributed by atoms with van der Waals surface area (Å²) >= 11 is 3.51. The summed E-state index contributed by atoms with van der Waals surface area (Å²) in [5.74, 6) is -0.999. The summed E-state index contributed by atoms with van der Waals surface area (Å²) in [7, 11) is 0. The van der Waals surface area contributed by atoms with Crippen molar-refractivity contribution in [2.75, 3.05) is 0 Å². The average molecular weight is 373 g/mol. The van der Waals surface area contributed by atoms with E-state index in [-0.39, 0.29) is 4.75 Å². The molecule has 1 aromatic rings. The van der Waals surface area contributed by atoms with Crippen LogP contribution in [0.1, 0.15) is 43.0 Å². The Bertz CT molecular complexity index is 960. The predicted molar refractivity (Wildman–Crippen MR) is 102 cm³/mol. The maximum absolute atomic E-state index is 12.7. The lowest BCUT2D eigenvalue weighted by atomic mass is 9.59. The first-order valence-electron chi connectivity index (χ1n) is 8.29. The van der Waals surface area contributed by atoms with E-state index < -0.39 is 17.4 Å². The molecule has 2 aliphatic heterocycles. The largest absolute Gasteiger partial charge is 0.386 e. The van der Waals surface area contributed by atoms with E-state index in [9.17, 15) is 9.59 Å². The van der Waals surface area contributed by atoms with Gasteiger partial charge in [0.05, 0.1) is 15.9 Å². The highest BCUT2D eigenvalue weighted by molar-refractivity contribution is 8.05. The standard InChI is InChI=1S/C20H20O3S2/c1-9-7-14(12(4)24-9)19(5)16-15(17(21)23-18(16)22)11(3)13-8-10(2)25-20(13,19)6/h7-8H,1-6H3/t19-,20+/m0/s1. The molecule has 0 fully saturated rings. The molecule has 3 aliphatic rings. The van der Waals surface area contributed by atoms with Crippen molar-refractivity contribution in [3.63, 3.8) is 0 Å². The molecule has 0 aromatic carbocycles. The number of hydrogen-bond donors (Lipinski definition) is 0. The SMILES string of the molecule is CC1=CC2=C(C)C3=C(C(=O)OC3=O)[C@](C)(c3cc(C)sc3C)[C@]2(C)S1. The number of hydrogen-bond acceptors (Lipinski definition) is 5. The van der Waals surface area contributed by atoms with Gasteiger partial charge >= 0.3 is 11.9 Å². The molecule has 4 rings (SSSR count). The van der Waals surface area contributed by atoms with Gasteiger partial charge in [-0.05, 0) is 75.3 Å². The Labute approximate surface area is 155 Å². The topological polar surface area (TPSA) is 43.4 Å². The van der Waals surface area contributed by atoms with Crippen molar-refractivity contribution in [2.45, 2.75) is 51.7 Å². The van der Waals surface area contributed by atoms with Crippen molar-refractivity contribution in [1.82, 2.24) is 0 Å². The van der Waals surface area contributed by atoms with Crippen LogP contribution in [0.25, 0.3) is 0 Å². The summed E-state index contributed by atoms with van der Waals surface area (Å²) < 4.78 is 4.72. The monoisotopic (exact) mass is 372 g/mol. The Hall–Kier alpha value is -1.59. The first-order valence-corrected chi connectivity index (χ1v) is 9.92. The summed E-state index contributed by atoms with van der Waals surface area (Å²) in [4.78, 5) is 28.8. The first kappa shape index (κ1) is 16.9. The van der Waals surface area contributed by atoms with Gasteiger partial charge < -0.3 is 4.74 Å². The van der Waals surface area contributed by atoms with Crippen LogP contribution in [0.3, 0.4) is 0 Å². The lowest BCUT2D eigenvalue weighted by Gasteiger charge is -2.48. The molecule has 3 heterocycles. The maximum Gasteiger partial charge on any atom is 0.346 e. The first-order chi connectivity index (χ1) is 11.6. The van der Waals surface area contributed by atoms with E-state index in [0.717, 1.165) is 16.7 Å². The number of thioether (sulfide) groups is 1. The van der Waals surface area contributed by atoms with Crippen LogP contribution in [0, 0.1) is 13.8 Å². The third-order valence-corrected chi connectivity index (χ3v) is 8.33. The molecule has 1 aromatic heterocycles. The van der Waals surface area contributed by atoms with Crippen LogP contribution in [0.2, 0.25) is 0 Å². The van der Waals surface area contributed by atoms with Crippen molar-refractivity contribution in [1.29, 1.82) is 0 Å². The third-order valence-electron chi connectivity index (χ3n) is 5.88. The molecular formula is C20H20O3S2. The smallest absolute Gasteiger partial charge is 0.346 e. The number of carbonyl (C=O) groups excluding carboxylic acids is 2. The lowest BCUT2D eigenvalue weighted by Crippen LogP contribution is -2.50. The second-order valence-electron chi connectivity index (χ2n) is 7.31. The number of aryl methyl sites for hydroxylation is 2. The molecule has 0 amide bonds. The van der Waals surface area contributed by atoms with Crippen LogP contribution in [-0.4, -0.2) is 16.7 Å². The Morgan fingerprint density at radius 3 is 2.32 bits per heavy atom. The second-order valence-corrected chi connectivity index (χ2v) is 10.4. The van der Waals surface area contributed by atoms with Gasteiger partial charge in [-0.1, -0.05) is 0 Å². The highest BCUT2D eigenvalue weighted by Gasteiger charge is 2.62. The van der Waals surface area contributed by atoms with Gasteiger partial charge in [0.25, 0.3) is 0 Å². The van der Waals surface area contributed by atoms with E-state index in [1.165, 1.54) is 14.7 Å². The fourth-order valence-corrected chi connectivity index (χ4v) is 7.25. The quantitative estimate of drug-likeness (QED) is 0.527. The maximum atomic E-state index is 12.7. The van der Waals surface area contributed by atoms with Crippen LogP contribution < -0.4 is 0 Å². The number of carbonyl (C=O) groups is 2. The Morgan fingerprint density at radius 2 is 1.72 bits per heavy atom. The number of rotatable bonds is 1.